The highest BCUT2D eigenvalue weighted by Gasteiger charge is 2.36. The van der Waals surface area contributed by atoms with Crippen molar-refractivity contribution in [3.8, 4) is 5.88 Å². The van der Waals surface area contributed by atoms with Crippen molar-refractivity contribution in [3.63, 3.8) is 0 Å². The molecule has 0 aliphatic carbocycles. The van der Waals surface area contributed by atoms with Crippen molar-refractivity contribution in [1.29, 1.82) is 0 Å². The van der Waals surface area contributed by atoms with E-state index < -0.39 is 0 Å². The van der Waals surface area contributed by atoms with Crippen LogP contribution in [0.15, 0.2) is 88.1 Å². The number of aryl methyl sites for hydroxylation is 1. The number of azo groups is 1. The summed E-state index contributed by atoms with van der Waals surface area (Å²) in [6.07, 6.45) is 0. The number of thiazole rings is 1. The van der Waals surface area contributed by atoms with Gasteiger partial charge in [0.25, 0.3) is 17.7 Å². The molecule has 10 heteroatoms. The predicted molar refractivity (Wildman–Crippen MR) is 139 cm³/mol. The van der Waals surface area contributed by atoms with Crippen molar-refractivity contribution in [1.82, 2.24) is 4.98 Å². The fourth-order valence-corrected chi connectivity index (χ4v) is 4.23. The van der Waals surface area contributed by atoms with E-state index in [9.17, 15) is 14.7 Å². The summed E-state index contributed by atoms with van der Waals surface area (Å²) in [6, 6.07) is 21.3. The molecule has 2 N–H and O–H groups in total. The van der Waals surface area contributed by atoms with Crippen molar-refractivity contribution in [2.75, 3.05) is 10.3 Å². The van der Waals surface area contributed by atoms with Crippen LogP contribution in [-0.2, 0) is 0 Å². The maximum absolute atomic E-state index is 12.7. The summed E-state index contributed by atoms with van der Waals surface area (Å²) >= 11 is 1.11. The minimum absolute atomic E-state index is 0.239. The highest BCUT2D eigenvalue weighted by molar-refractivity contribution is 7.19. The van der Waals surface area contributed by atoms with E-state index in [1.165, 1.54) is 4.90 Å². The van der Waals surface area contributed by atoms with Crippen LogP contribution in [0.3, 0.4) is 0 Å². The lowest BCUT2D eigenvalue weighted by atomic mass is 10.1. The second-order valence-corrected chi connectivity index (χ2v) is 9.01. The summed E-state index contributed by atoms with van der Waals surface area (Å²) in [6.45, 7) is 3.79. The van der Waals surface area contributed by atoms with E-state index in [0.717, 1.165) is 22.5 Å². The Bertz CT molecular complexity index is 1490. The van der Waals surface area contributed by atoms with Gasteiger partial charge in [0, 0.05) is 0 Å². The maximum Gasteiger partial charge on any atom is 0.266 e. The van der Waals surface area contributed by atoms with Crippen LogP contribution in [0.25, 0.3) is 0 Å². The molecule has 0 unspecified atom stereocenters. The van der Waals surface area contributed by atoms with Crippen molar-refractivity contribution < 1.29 is 14.7 Å². The molecule has 2 heterocycles. The number of fused-ring (bicyclic) bond motifs is 1. The van der Waals surface area contributed by atoms with E-state index in [0.29, 0.717) is 33.3 Å². The van der Waals surface area contributed by atoms with Crippen molar-refractivity contribution >= 4 is 50.4 Å². The number of aromatic hydroxyl groups is 1. The number of imide groups is 1. The second-order valence-electron chi connectivity index (χ2n) is 8.03. The Morgan fingerprint density at radius 3 is 2.19 bits per heavy atom. The Kier molecular flexibility index (Phi) is 6.09. The van der Waals surface area contributed by atoms with E-state index >= 15 is 0 Å². The molecule has 2 amide bonds. The lowest BCUT2D eigenvalue weighted by Gasteiger charge is -2.14. The van der Waals surface area contributed by atoms with Gasteiger partial charge in [-0.15, -0.1) is 10.2 Å². The van der Waals surface area contributed by atoms with Crippen LogP contribution in [0.5, 0.6) is 5.88 Å². The van der Waals surface area contributed by atoms with E-state index in [2.05, 4.69) is 25.7 Å². The molecule has 4 aromatic rings. The molecule has 5 rings (SSSR count). The molecule has 0 radical (unpaired) electrons. The average molecular weight is 497 g/mol. The number of benzene rings is 3. The Morgan fingerprint density at radius 2 is 1.56 bits per heavy atom. The van der Waals surface area contributed by atoms with Gasteiger partial charge in [-0.05, 0) is 55.8 Å². The fourth-order valence-electron chi connectivity index (χ4n) is 3.60. The quantitative estimate of drug-likeness (QED) is 0.142. The predicted octanol–water partition coefficient (Wildman–Crippen LogP) is 6.21. The van der Waals surface area contributed by atoms with Crippen LogP contribution in [0, 0.1) is 6.92 Å². The van der Waals surface area contributed by atoms with Gasteiger partial charge in [0.2, 0.25) is 10.1 Å². The first-order valence-electron chi connectivity index (χ1n) is 11.0. The minimum Gasteiger partial charge on any atom is -0.491 e. The third-order valence-electron chi connectivity index (χ3n) is 5.54. The lowest BCUT2D eigenvalue weighted by Crippen LogP contribution is -2.29. The number of carbonyl (C=O) groups excluding carboxylic acids is 2. The number of aromatic nitrogens is 1. The van der Waals surface area contributed by atoms with E-state index in [1.807, 2.05) is 31.2 Å². The summed E-state index contributed by atoms with van der Waals surface area (Å²) in [5.41, 5.74) is 7.31. The molecule has 1 aliphatic heterocycles. The first kappa shape index (κ1) is 23.1. The molecule has 0 saturated heterocycles. The first-order valence-corrected chi connectivity index (χ1v) is 11.8. The first-order chi connectivity index (χ1) is 17.4. The number of nitrogens with one attached hydrogen (secondary N) is 1. The van der Waals surface area contributed by atoms with Crippen LogP contribution in [-0.4, -0.2) is 27.6 Å². The van der Waals surface area contributed by atoms with E-state index in [1.54, 1.807) is 55.5 Å². The number of hydrogen-bond acceptors (Lipinski definition) is 9. The molecular weight excluding hydrogens is 476 g/mol. The average Bonchev–Trinajstić information content (AvgIpc) is 3.38. The third kappa shape index (κ3) is 4.49. The molecule has 0 fully saturated rings. The Hall–Kier alpha value is -4.70. The third-order valence-corrected chi connectivity index (χ3v) is 6.37. The number of amides is 2. The van der Waals surface area contributed by atoms with Crippen molar-refractivity contribution in [3.05, 3.63) is 95.1 Å². The largest absolute Gasteiger partial charge is 0.491 e. The SMILES string of the molecule is CC(=NNc1nc(O)c(N=Nc2ccc(C)cc2)s1)c1ccc(N2C(=O)c3ccccc3C2=O)cc1. The molecule has 1 aromatic heterocycles. The number of hydrogen-bond donors (Lipinski definition) is 2. The van der Waals surface area contributed by atoms with Gasteiger partial charge < -0.3 is 5.11 Å². The Labute approximate surface area is 210 Å². The topological polar surface area (TPSA) is 120 Å². The molecule has 0 spiro atoms. The molecule has 0 atom stereocenters. The smallest absolute Gasteiger partial charge is 0.266 e. The highest BCUT2D eigenvalue weighted by Crippen LogP contribution is 2.37. The summed E-state index contributed by atoms with van der Waals surface area (Å²) in [4.78, 5) is 30.6. The summed E-state index contributed by atoms with van der Waals surface area (Å²) < 4.78 is 0. The van der Waals surface area contributed by atoms with Gasteiger partial charge in [0.15, 0.2) is 0 Å². The highest BCUT2D eigenvalue weighted by atomic mass is 32.1. The van der Waals surface area contributed by atoms with Gasteiger partial charge in [0.05, 0.1) is 28.2 Å². The minimum atomic E-state index is -0.339. The molecule has 3 aromatic carbocycles. The zero-order chi connectivity index (χ0) is 25.2. The maximum atomic E-state index is 12.7. The number of carbonyl (C=O) groups is 2. The van der Waals surface area contributed by atoms with E-state index in [-0.39, 0.29) is 22.7 Å². The Morgan fingerprint density at radius 1 is 0.917 bits per heavy atom. The summed E-state index contributed by atoms with van der Waals surface area (Å²) in [7, 11) is 0. The Balaban J connectivity index is 1.27. The molecular formula is C26H20N6O3S. The van der Waals surface area contributed by atoms with Gasteiger partial charge in [-0.3, -0.25) is 15.0 Å². The second kappa shape index (κ2) is 9.51. The lowest BCUT2D eigenvalue weighted by molar-refractivity contribution is 0.0926. The number of nitrogens with zero attached hydrogens (tertiary/aromatic N) is 5. The molecule has 36 heavy (non-hydrogen) atoms. The van der Waals surface area contributed by atoms with Crippen LogP contribution >= 0.6 is 11.3 Å². The zero-order valence-electron chi connectivity index (χ0n) is 19.3. The van der Waals surface area contributed by atoms with Gasteiger partial charge in [-0.2, -0.15) is 10.1 Å². The molecule has 0 saturated carbocycles. The molecule has 178 valence electrons. The van der Waals surface area contributed by atoms with Crippen molar-refractivity contribution in [2.24, 2.45) is 15.3 Å². The van der Waals surface area contributed by atoms with Crippen LogP contribution in [0.1, 0.15) is 38.8 Å². The molecule has 1 aliphatic rings. The van der Waals surface area contributed by atoms with Crippen LogP contribution in [0.4, 0.5) is 21.5 Å². The summed E-state index contributed by atoms with van der Waals surface area (Å²) in [5.74, 6) is -0.917. The van der Waals surface area contributed by atoms with Crippen molar-refractivity contribution in [2.45, 2.75) is 13.8 Å². The van der Waals surface area contributed by atoms with Crippen LogP contribution in [0.2, 0.25) is 0 Å². The monoisotopic (exact) mass is 496 g/mol. The standard InChI is InChI=1S/C26H20N6O3S/c1-15-7-11-18(12-8-15)29-30-23-22(33)27-26(36-23)31-28-16(2)17-9-13-19(14-10-17)32-24(34)20-5-3-4-6-21(20)25(32)35/h3-14,33H,1-2H3,(H,27,31). The van der Waals surface area contributed by atoms with E-state index in [4.69, 9.17) is 0 Å². The van der Waals surface area contributed by atoms with Gasteiger partial charge >= 0.3 is 0 Å². The number of rotatable bonds is 6. The van der Waals surface area contributed by atoms with Crippen LogP contribution < -0.4 is 10.3 Å². The zero-order valence-corrected chi connectivity index (χ0v) is 20.2. The summed E-state index contributed by atoms with van der Waals surface area (Å²) in [5, 5.41) is 23.2. The fraction of sp³-hybridized carbons (Fsp3) is 0.0769. The molecule has 9 nitrogen and oxygen atoms in total. The number of hydrazone groups is 1. The van der Waals surface area contributed by atoms with Gasteiger partial charge in [-0.25, -0.2) is 4.90 Å². The normalized spacial score (nSPS) is 13.5. The molecule has 0 bridgehead atoms. The number of anilines is 2. The van der Waals surface area contributed by atoms with Gasteiger partial charge in [-0.1, -0.05) is 53.3 Å². The van der Waals surface area contributed by atoms with Gasteiger partial charge in [0.1, 0.15) is 0 Å².